The number of ether oxygens (including phenoxy) is 1. The van der Waals surface area contributed by atoms with Crippen molar-refractivity contribution in [1.29, 1.82) is 0 Å². The number of aromatic nitrogens is 2. The van der Waals surface area contributed by atoms with Crippen molar-refractivity contribution in [2.45, 2.75) is 69.2 Å². The maximum atomic E-state index is 13.1. The van der Waals surface area contributed by atoms with Crippen LogP contribution in [0.25, 0.3) is 27.6 Å². The highest BCUT2D eigenvalue weighted by molar-refractivity contribution is 5.91. The second kappa shape index (κ2) is 12.1. The summed E-state index contributed by atoms with van der Waals surface area (Å²) in [7, 11) is 0. The lowest BCUT2D eigenvalue weighted by atomic mass is 9.85. The number of aliphatic hydroxyl groups is 6. The minimum atomic E-state index is -1.82. The number of hydrogen-bond donors (Lipinski definition) is 7. The summed E-state index contributed by atoms with van der Waals surface area (Å²) < 4.78 is 14.6. The molecule has 0 bridgehead atoms. The zero-order valence-corrected chi connectivity index (χ0v) is 23.3. The number of fused-ring (bicyclic) bond motifs is 3. The Kier molecular flexibility index (Phi) is 8.73. The summed E-state index contributed by atoms with van der Waals surface area (Å²) in [4.78, 5) is 27.2. The standard InChI is InChI=1S/C29H36N2O11/c1-15-8-20(34)18-9-17-10-23(42-39-14-22(36)26(38)25(37)21(35)13-33)29(2,5-3-7-32)41-27(17)24(28(18)40-15)31-11-16-4-6-30-19(16)12-31/h4,6,8-9,11-12,21-23,25-26,30,32-33,35-38H,3,5,7,10,13-14H2,1-2H3/t21-,22+,23-,25-,26-,29-/m1/s1. The molecule has 0 saturated heterocycles. The van der Waals surface area contributed by atoms with Crippen molar-refractivity contribution in [1.82, 2.24) is 9.55 Å². The van der Waals surface area contributed by atoms with Crippen LogP contribution in [0.15, 0.2) is 46.0 Å². The molecule has 0 spiro atoms. The Hall–Kier alpha value is -3.27. The molecule has 4 aromatic rings. The van der Waals surface area contributed by atoms with Gasteiger partial charge in [-0.3, -0.25) is 4.79 Å². The van der Waals surface area contributed by atoms with E-state index in [4.69, 9.17) is 24.0 Å². The predicted molar refractivity (Wildman–Crippen MR) is 149 cm³/mol. The summed E-state index contributed by atoms with van der Waals surface area (Å²) in [5.41, 5.74) is 1.14. The van der Waals surface area contributed by atoms with Crippen molar-refractivity contribution < 1.29 is 49.6 Å². The van der Waals surface area contributed by atoms with Gasteiger partial charge in [0, 0.05) is 48.6 Å². The second-order valence-electron chi connectivity index (χ2n) is 10.9. The van der Waals surface area contributed by atoms with E-state index in [1.54, 1.807) is 19.9 Å². The number of benzene rings is 1. The van der Waals surface area contributed by atoms with Crippen molar-refractivity contribution in [3.05, 3.63) is 58.3 Å². The molecule has 1 aromatic carbocycles. The lowest BCUT2D eigenvalue weighted by molar-refractivity contribution is -0.360. The van der Waals surface area contributed by atoms with Crippen molar-refractivity contribution in [2.24, 2.45) is 0 Å². The van der Waals surface area contributed by atoms with E-state index in [1.807, 2.05) is 29.2 Å². The molecule has 1 aliphatic rings. The number of H-pyrrole nitrogens is 1. The lowest BCUT2D eigenvalue weighted by Crippen LogP contribution is -2.51. The first-order chi connectivity index (χ1) is 20.1. The number of hydrogen-bond acceptors (Lipinski definition) is 11. The monoisotopic (exact) mass is 588 g/mol. The van der Waals surface area contributed by atoms with E-state index in [-0.39, 0.29) is 18.5 Å². The number of nitrogens with one attached hydrogen (secondary N) is 1. The summed E-state index contributed by atoms with van der Waals surface area (Å²) in [6, 6.07) is 5.04. The predicted octanol–water partition coefficient (Wildman–Crippen LogP) is 0.592. The number of nitrogens with zero attached hydrogens (tertiary/aromatic N) is 1. The van der Waals surface area contributed by atoms with E-state index in [2.05, 4.69) is 4.98 Å². The highest BCUT2D eigenvalue weighted by Crippen LogP contribution is 2.44. The van der Waals surface area contributed by atoms with Gasteiger partial charge in [-0.15, -0.1) is 0 Å². The van der Waals surface area contributed by atoms with E-state index in [0.717, 1.165) is 10.9 Å². The fourth-order valence-corrected chi connectivity index (χ4v) is 5.35. The molecule has 1 aliphatic heterocycles. The van der Waals surface area contributed by atoms with E-state index in [9.17, 15) is 30.3 Å². The highest BCUT2D eigenvalue weighted by atomic mass is 17.2. The zero-order valence-electron chi connectivity index (χ0n) is 23.3. The van der Waals surface area contributed by atoms with Gasteiger partial charge in [-0.05, 0) is 38.8 Å². The largest absolute Gasteiger partial charge is 0.482 e. The van der Waals surface area contributed by atoms with Crippen molar-refractivity contribution in [3.63, 3.8) is 0 Å². The molecule has 7 N–H and O–H groups in total. The fourth-order valence-electron chi connectivity index (χ4n) is 5.35. The van der Waals surface area contributed by atoms with Crippen LogP contribution >= 0.6 is 0 Å². The number of aliphatic hydroxyl groups excluding tert-OH is 6. The molecule has 0 radical (unpaired) electrons. The van der Waals surface area contributed by atoms with Crippen LogP contribution in [0.2, 0.25) is 0 Å². The summed E-state index contributed by atoms with van der Waals surface area (Å²) in [6.45, 7) is 2.02. The minimum Gasteiger partial charge on any atom is -0.482 e. The molecule has 0 amide bonds. The normalized spacial score (nSPS) is 21.7. The Morgan fingerprint density at radius 3 is 2.62 bits per heavy atom. The van der Waals surface area contributed by atoms with E-state index in [1.165, 1.54) is 6.07 Å². The first-order valence-electron chi connectivity index (χ1n) is 13.7. The molecule has 3 aromatic heterocycles. The summed E-state index contributed by atoms with van der Waals surface area (Å²) in [6.07, 6.45) is -1.16. The van der Waals surface area contributed by atoms with Gasteiger partial charge in [0.1, 0.15) is 54.2 Å². The lowest BCUT2D eigenvalue weighted by Gasteiger charge is -2.42. The van der Waals surface area contributed by atoms with Crippen molar-refractivity contribution in [3.8, 4) is 11.4 Å². The van der Waals surface area contributed by atoms with Crippen LogP contribution in [0.5, 0.6) is 5.75 Å². The van der Waals surface area contributed by atoms with E-state index in [0.29, 0.717) is 46.6 Å². The topological polar surface area (TPSA) is 200 Å². The van der Waals surface area contributed by atoms with Gasteiger partial charge >= 0.3 is 0 Å². The Bertz CT molecular complexity index is 1570. The third-order valence-corrected chi connectivity index (χ3v) is 7.77. The van der Waals surface area contributed by atoms with Gasteiger partial charge in [-0.25, -0.2) is 9.78 Å². The maximum Gasteiger partial charge on any atom is 0.193 e. The van der Waals surface area contributed by atoms with E-state index < -0.39 is 49.3 Å². The van der Waals surface area contributed by atoms with Gasteiger partial charge in [-0.2, -0.15) is 0 Å². The quantitative estimate of drug-likeness (QED) is 0.0903. The van der Waals surface area contributed by atoms with Gasteiger partial charge in [0.25, 0.3) is 0 Å². The minimum absolute atomic E-state index is 0.101. The van der Waals surface area contributed by atoms with Gasteiger partial charge < -0.3 is 49.3 Å². The number of aromatic amines is 1. The van der Waals surface area contributed by atoms with Crippen LogP contribution in [-0.4, -0.2) is 96.1 Å². The molecule has 13 heteroatoms. The highest BCUT2D eigenvalue weighted by Gasteiger charge is 2.44. The number of rotatable bonds is 12. The summed E-state index contributed by atoms with van der Waals surface area (Å²) in [5.74, 6) is 0.919. The Morgan fingerprint density at radius 2 is 1.90 bits per heavy atom. The maximum absolute atomic E-state index is 13.1. The third-order valence-electron chi connectivity index (χ3n) is 7.77. The molecule has 4 heterocycles. The van der Waals surface area contributed by atoms with Gasteiger partial charge in [0.2, 0.25) is 0 Å². The molecule has 0 aliphatic carbocycles. The molecule has 13 nitrogen and oxygen atoms in total. The Morgan fingerprint density at radius 1 is 1.14 bits per heavy atom. The van der Waals surface area contributed by atoms with Gasteiger partial charge in [0.15, 0.2) is 16.8 Å². The van der Waals surface area contributed by atoms with Crippen LogP contribution < -0.4 is 10.2 Å². The first kappa shape index (κ1) is 30.2. The van der Waals surface area contributed by atoms with Crippen LogP contribution in [0.1, 0.15) is 31.1 Å². The first-order valence-corrected chi connectivity index (χ1v) is 13.7. The van der Waals surface area contributed by atoms with E-state index >= 15 is 0 Å². The Balaban J connectivity index is 1.50. The molecule has 42 heavy (non-hydrogen) atoms. The number of aryl methyl sites for hydroxylation is 1. The molecule has 5 rings (SSSR count). The summed E-state index contributed by atoms with van der Waals surface area (Å²) >= 11 is 0. The average Bonchev–Trinajstić information content (AvgIpc) is 3.57. The van der Waals surface area contributed by atoms with Crippen LogP contribution in [-0.2, 0) is 16.2 Å². The van der Waals surface area contributed by atoms with Gasteiger partial charge in [-0.1, -0.05) is 0 Å². The summed E-state index contributed by atoms with van der Waals surface area (Å²) in [5, 5.41) is 59.7. The van der Waals surface area contributed by atoms with Crippen LogP contribution in [0, 0.1) is 6.92 Å². The average molecular weight is 589 g/mol. The smallest absolute Gasteiger partial charge is 0.193 e. The molecular formula is C29H36N2O11. The van der Waals surface area contributed by atoms with Crippen molar-refractivity contribution in [2.75, 3.05) is 19.8 Å². The molecular weight excluding hydrogens is 552 g/mol. The van der Waals surface area contributed by atoms with Crippen molar-refractivity contribution >= 4 is 21.9 Å². The molecule has 6 atom stereocenters. The van der Waals surface area contributed by atoms with Crippen LogP contribution in [0.4, 0.5) is 0 Å². The zero-order chi connectivity index (χ0) is 30.2. The van der Waals surface area contributed by atoms with Gasteiger partial charge in [0.05, 0.1) is 17.5 Å². The molecule has 0 fully saturated rings. The second-order valence-corrected chi connectivity index (χ2v) is 10.9. The molecule has 0 saturated carbocycles. The molecule has 0 unspecified atom stereocenters. The molecule has 228 valence electrons. The Labute approximate surface area is 240 Å². The fraction of sp³-hybridized carbons (Fsp3) is 0.483. The SMILES string of the molecule is Cc1cc(=O)c2cc3c(c(-n4cc5cc[nH]c5c4)c2o1)O[C@](C)(CCCO)[C@H](OOC[C@H](O)[C@@H](O)[C@H](O)[C@H](O)CO)C3. The third kappa shape index (κ3) is 5.70. The van der Waals surface area contributed by atoms with Crippen LogP contribution in [0.3, 0.4) is 0 Å².